The fourth-order valence-electron chi connectivity index (χ4n) is 2.24. The zero-order valence-electron chi connectivity index (χ0n) is 12.2. The molecule has 1 aromatic heterocycles. The van der Waals surface area contributed by atoms with E-state index in [9.17, 15) is 8.94 Å². The maximum atomic E-state index is 13.1. The molecule has 3 aromatic rings. The van der Waals surface area contributed by atoms with E-state index in [0.29, 0.717) is 11.4 Å². The van der Waals surface area contributed by atoms with Gasteiger partial charge in [-0.1, -0.05) is 0 Å². The van der Waals surface area contributed by atoms with E-state index in [4.69, 9.17) is 5.26 Å². The zero-order valence-corrected chi connectivity index (χ0v) is 13.0. The number of rotatable bonds is 3. The summed E-state index contributed by atoms with van der Waals surface area (Å²) in [5, 5.41) is 13.3. The molecular formula is C17H12FN3OS. The van der Waals surface area contributed by atoms with E-state index < -0.39 is 11.2 Å². The first kappa shape index (κ1) is 15.3. The summed E-state index contributed by atoms with van der Waals surface area (Å²) in [6.07, 6.45) is 1.62. The minimum atomic E-state index is -1.05. The van der Waals surface area contributed by atoms with E-state index in [1.807, 2.05) is 18.2 Å². The van der Waals surface area contributed by atoms with Gasteiger partial charge in [-0.3, -0.25) is 0 Å². The van der Waals surface area contributed by atoms with Crippen LogP contribution in [0.15, 0.2) is 59.5 Å². The molecule has 0 spiro atoms. The molecule has 1 heterocycles. The third-order valence-corrected chi connectivity index (χ3v) is 4.31. The van der Waals surface area contributed by atoms with Gasteiger partial charge in [0, 0.05) is 11.6 Å². The van der Waals surface area contributed by atoms with Crippen LogP contribution in [0.2, 0.25) is 0 Å². The van der Waals surface area contributed by atoms with Gasteiger partial charge in [0.1, 0.15) is 18.1 Å². The molecule has 3 rings (SSSR count). The van der Waals surface area contributed by atoms with E-state index in [0.717, 1.165) is 10.5 Å². The van der Waals surface area contributed by atoms with E-state index in [-0.39, 0.29) is 11.5 Å². The van der Waals surface area contributed by atoms with Crippen LogP contribution in [0.5, 0.6) is 0 Å². The lowest BCUT2D eigenvalue weighted by Gasteiger charge is -2.09. The van der Waals surface area contributed by atoms with Crippen LogP contribution >= 0.6 is 0 Å². The van der Waals surface area contributed by atoms with Crippen molar-refractivity contribution in [3.63, 3.8) is 0 Å². The maximum absolute atomic E-state index is 13.1. The van der Waals surface area contributed by atoms with Gasteiger partial charge in [-0.05, 0) is 59.7 Å². The second-order valence-corrected chi connectivity index (χ2v) is 6.27. The van der Waals surface area contributed by atoms with Crippen LogP contribution in [0, 0.1) is 17.1 Å². The van der Waals surface area contributed by atoms with Crippen LogP contribution in [0.4, 0.5) is 4.39 Å². The molecule has 0 aliphatic rings. The molecule has 23 heavy (non-hydrogen) atoms. The Hall–Kier alpha value is -2.62. The first-order valence-corrected chi connectivity index (χ1v) is 8.34. The second-order valence-electron chi connectivity index (χ2n) is 4.89. The number of hydrogen-bond acceptors (Lipinski definition) is 3. The van der Waals surface area contributed by atoms with Crippen LogP contribution in [-0.2, 0) is 11.2 Å². The molecule has 0 bridgehead atoms. The molecule has 0 amide bonds. The molecule has 0 aliphatic carbocycles. The number of nitrogens with zero attached hydrogens (tertiary/aromatic N) is 3. The largest absolute Gasteiger partial charge is 0.612 e. The summed E-state index contributed by atoms with van der Waals surface area (Å²) < 4.78 is 26.2. The Kier molecular flexibility index (Phi) is 4.15. The van der Waals surface area contributed by atoms with Crippen molar-refractivity contribution in [2.24, 2.45) is 0 Å². The molecule has 0 saturated heterocycles. The zero-order chi connectivity index (χ0) is 16.4. The molecule has 1 atom stereocenters. The van der Waals surface area contributed by atoms with Crippen LogP contribution in [0.25, 0.3) is 16.9 Å². The van der Waals surface area contributed by atoms with E-state index in [1.165, 1.54) is 12.1 Å². The summed E-state index contributed by atoms with van der Waals surface area (Å²) in [6.45, 7) is 0. The van der Waals surface area contributed by atoms with Crippen molar-refractivity contribution in [3.05, 3.63) is 66.1 Å². The highest BCUT2D eigenvalue weighted by Gasteiger charge is 2.13. The van der Waals surface area contributed by atoms with Gasteiger partial charge in [0.15, 0.2) is 10.6 Å². The Morgan fingerprint density at radius 1 is 1.13 bits per heavy atom. The fraction of sp³-hybridized carbons (Fsp3) is 0.0588. The van der Waals surface area contributed by atoms with Crippen LogP contribution in [0.1, 0.15) is 5.69 Å². The Bertz CT molecular complexity index is 864. The molecule has 0 N–H and O–H groups in total. The first-order chi connectivity index (χ1) is 11.1. The third kappa shape index (κ3) is 3.11. The van der Waals surface area contributed by atoms with Gasteiger partial charge in [0.25, 0.3) is 0 Å². The molecule has 2 aromatic carbocycles. The molecule has 0 aliphatic heterocycles. The minimum absolute atomic E-state index is 0.271. The summed E-state index contributed by atoms with van der Waals surface area (Å²) >= 11 is -1.05. The highest BCUT2D eigenvalue weighted by atomic mass is 32.2. The highest BCUT2D eigenvalue weighted by Crippen LogP contribution is 2.25. The highest BCUT2D eigenvalue weighted by molar-refractivity contribution is 7.90. The first-order valence-electron chi connectivity index (χ1n) is 6.78. The average molecular weight is 325 g/mol. The van der Waals surface area contributed by atoms with Crippen LogP contribution < -0.4 is 0 Å². The van der Waals surface area contributed by atoms with Crippen molar-refractivity contribution in [1.82, 2.24) is 9.78 Å². The van der Waals surface area contributed by atoms with Crippen molar-refractivity contribution < 1.29 is 8.94 Å². The summed E-state index contributed by atoms with van der Waals surface area (Å²) in [5.74, 6) is -0.335. The molecule has 0 fully saturated rings. The van der Waals surface area contributed by atoms with Gasteiger partial charge < -0.3 is 4.55 Å². The number of benzene rings is 2. The monoisotopic (exact) mass is 325 g/mol. The van der Waals surface area contributed by atoms with Gasteiger partial charge in [-0.2, -0.15) is 10.4 Å². The predicted octanol–water partition coefficient (Wildman–Crippen LogP) is 3.29. The SMILES string of the molecule is C[S+]([O-])c1ccc(-c2cc(C#N)nn2-c2ccc(F)cc2)cc1. The predicted molar refractivity (Wildman–Crippen MR) is 86.0 cm³/mol. The molecule has 1 unspecified atom stereocenters. The van der Waals surface area contributed by atoms with Crippen molar-refractivity contribution in [3.8, 4) is 23.0 Å². The Balaban J connectivity index is 2.10. The Labute approximate surface area is 136 Å². The second kappa shape index (κ2) is 6.24. The van der Waals surface area contributed by atoms with Crippen molar-refractivity contribution in [1.29, 1.82) is 5.26 Å². The van der Waals surface area contributed by atoms with E-state index in [2.05, 4.69) is 5.10 Å². The smallest absolute Gasteiger partial charge is 0.163 e. The molecule has 114 valence electrons. The van der Waals surface area contributed by atoms with Gasteiger partial charge in [-0.15, -0.1) is 0 Å². The van der Waals surface area contributed by atoms with E-state index in [1.54, 1.807) is 41.3 Å². The van der Waals surface area contributed by atoms with Gasteiger partial charge in [-0.25, -0.2) is 9.07 Å². The summed E-state index contributed by atoms with van der Waals surface area (Å²) in [4.78, 5) is 0.724. The lowest BCUT2D eigenvalue weighted by Crippen LogP contribution is -2.00. The molecular weight excluding hydrogens is 313 g/mol. The normalized spacial score (nSPS) is 11.9. The number of hydrogen-bond donors (Lipinski definition) is 0. The summed E-state index contributed by atoms with van der Waals surface area (Å²) in [7, 11) is 0. The van der Waals surface area contributed by atoms with Gasteiger partial charge >= 0.3 is 0 Å². The number of nitriles is 1. The van der Waals surface area contributed by atoms with Gasteiger partial charge in [0.2, 0.25) is 0 Å². The molecule has 6 heteroatoms. The Morgan fingerprint density at radius 3 is 2.35 bits per heavy atom. The average Bonchev–Trinajstić information content (AvgIpc) is 3.00. The minimum Gasteiger partial charge on any atom is -0.612 e. The maximum Gasteiger partial charge on any atom is 0.163 e. The van der Waals surface area contributed by atoms with Crippen LogP contribution in [-0.4, -0.2) is 20.6 Å². The molecule has 0 radical (unpaired) electrons. The standard InChI is InChI=1S/C17H12FN3OS/c1-23(22)16-8-2-12(3-9-16)17-10-14(11-19)20-21(17)15-6-4-13(18)5-7-15/h2-10H,1H3. The lowest BCUT2D eigenvalue weighted by atomic mass is 10.1. The van der Waals surface area contributed by atoms with Crippen LogP contribution in [0.3, 0.4) is 0 Å². The third-order valence-electron chi connectivity index (χ3n) is 3.38. The lowest BCUT2D eigenvalue weighted by molar-refractivity contribution is 0.601. The molecule has 0 saturated carbocycles. The van der Waals surface area contributed by atoms with Crippen molar-refractivity contribution in [2.75, 3.05) is 6.26 Å². The number of halogens is 1. The Morgan fingerprint density at radius 2 is 1.78 bits per heavy atom. The van der Waals surface area contributed by atoms with E-state index >= 15 is 0 Å². The van der Waals surface area contributed by atoms with Crippen molar-refractivity contribution in [2.45, 2.75) is 4.90 Å². The van der Waals surface area contributed by atoms with Crippen molar-refractivity contribution >= 4 is 11.2 Å². The summed E-state index contributed by atoms with van der Waals surface area (Å²) in [5.41, 5.74) is 2.47. The summed E-state index contributed by atoms with van der Waals surface area (Å²) in [6, 6.07) is 16.8. The fourth-order valence-corrected chi connectivity index (χ4v) is 2.76. The number of aromatic nitrogens is 2. The molecule has 4 nitrogen and oxygen atoms in total. The quantitative estimate of drug-likeness (QED) is 0.694. The topological polar surface area (TPSA) is 64.7 Å². The van der Waals surface area contributed by atoms with Gasteiger partial charge in [0.05, 0.1) is 11.4 Å².